The van der Waals surface area contributed by atoms with Gasteiger partial charge in [-0.3, -0.25) is 19.7 Å². The van der Waals surface area contributed by atoms with Crippen LogP contribution in [0.2, 0.25) is 0 Å². The van der Waals surface area contributed by atoms with Crippen molar-refractivity contribution in [2.75, 3.05) is 12.3 Å². The van der Waals surface area contributed by atoms with Crippen LogP contribution in [-0.4, -0.2) is 34.7 Å². The Balaban J connectivity index is 2.40. The van der Waals surface area contributed by atoms with Gasteiger partial charge in [0.25, 0.3) is 11.8 Å². The van der Waals surface area contributed by atoms with Crippen LogP contribution >= 0.6 is 0 Å². The first kappa shape index (κ1) is 14.0. The summed E-state index contributed by atoms with van der Waals surface area (Å²) in [5, 5.41) is 2.24. The Labute approximate surface area is 116 Å². The Morgan fingerprint density at radius 1 is 1.35 bits per heavy atom. The molecule has 1 aromatic rings. The molecule has 2 rings (SSSR count). The molecule has 1 aliphatic rings. The van der Waals surface area contributed by atoms with Crippen molar-refractivity contribution < 1.29 is 14.4 Å². The maximum atomic E-state index is 12.6. The maximum absolute atomic E-state index is 12.6. The molecule has 1 aromatic carbocycles. The Bertz CT molecular complexity index is 608. The number of anilines is 1. The minimum atomic E-state index is -1.07. The first-order chi connectivity index (χ1) is 9.23. The van der Waals surface area contributed by atoms with Gasteiger partial charge in [-0.1, -0.05) is 0 Å². The van der Waals surface area contributed by atoms with E-state index in [4.69, 9.17) is 5.73 Å². The van der Waals surface area contributed by atoms with Gasteiger partial charge in [0.1, 0.15) is 12.1 Å². The average Bonchev–Trinajstić information content (AvgIpc) is 2.33. The van der Waals surface area contributed by atoms with E-state index in [1.807, 2.05) is 0 Å². The van der Waals surface area contributed by atoms with E-state index >= 15 is 0 Å². The number of hydrogen-bond acceptors (Lipinski definition) is 4. The van der Waals surface area contributed by atoms with Crippen molar-refractivity contribution in [2.45, 2.75) is 26.3 Å². The molecule has 6 heteroatoms. The first-order valence-corrected chi connectivity index (χ1v) is 6.26. The van der Waals surface area contributed by atoms with Gasteiger partial charge in [0, 0.05) is 11.3 Å². The molecule has 0 atom stereocenters. The summed E-state index contributed by atoms with van der Waals surface area (Å²) in [6.45, 7) is 4.85. The lowest BCUT2D eigenvalue weighted by Gasteiger charge is -2.40. The highest BCUT2D eigenvalue weighted by Crippen LogP contribution is 2.23. The molecule has 1 aliphatic heterocycles. The summed E-state index contributed by atoms with van der Waals surface area (Å²) in [5.41, 5.74) is 6.30. The zero-order valence-corrected chi connectivity index (χ0v) is 11.7. The van der Waals surface area contributed by atoms with Crippen LogP contribution in [0.1, 0.15) is 29.8 Å². The summed E-state index contributed by atoms with van der Waals surface area (Å²) in [7, 11) is 0. The van der Waals surface area contributed by atoms with Crippen molar-refractivity contribution in [2.24, 2.45) is 0 Å². The smallest absolute Gasteiger partial charge is 0.255 e. The van der Waals surface area contributed by atoms with Crippen molar-refractivity contribution in [3.8, 4) is 0 Å². The maximum Gasteiger partial charge on any atom is 0.255 e. The number of carbonyl (C=O) groups is 3. The molecule has 3 amide bonds. The quantitative estimate of drug-likeness (QED) is 0.575. The second kappa shape index (κ2) is 4.63. The van der Waals surface area contributed by atoms with E-state index in [9.17, 15) is 14.4 Å². The molecular weight excluding hydrogens is 258 g/mol. The molecule has 0 aromatic heterocycles. The molecule has 0 aliphatic carbocycles. The van der Waals surface area contributed by atoms with Crippen LogP contribution in [0.3, 0.4) is 0 Å². The fraction of sp³-hybridized carbons (Fsp3) is 0.357. The van der Waals surface area contributed by atoms with Gasteiger partial charge in [0.05, 0.1) is 0 Å². The molecule has 0 bridgehead atoms. The summed E-state index contributed by atoms with van der Waals surface area (Å²) >= 11 is 0. The van der Waals surface area contributed by atoms with Crippen LogP contribution in [0.5, 0.6) is 0 Å². The summed E-state index contributed by atoms with van der Waals surface area (Å²) in [4.78, 5) is 37.2. The average molecular weight is 275 g/mol. The predicted octanol–water partition coefficient (Wildman–Crippen LogP) is 0.454. The number of nitrogens with two attached hydrogens (primary N) is 1. The summed E-state index contributed by atoms with van der Waals surface area (Å²) < 4.78 is 0. The van der Waals surface area contributed by atoms with Gasteiger partial charge < -0.3 is 10.6 Å². The van der Waals surface area contributed by atoms with Crippen molar-refractivity contribution >= 4 is 23.4 Å². The minimum absolute atomic E-state index is 0.138. The van der Waals surface area contributed by atoms with Crippen LogP contribution in [-0.2, 0) is 9.59 Å². The second-order valence-corrected chi connectivity index (χ2v) is 5.40. The molecule has 0 radical (unpaired) electrons. The lowest BCUT2D eigenvalue weighted by molar-refractivity contribution is -0.143. The van der Waals surface area contributed by atoms with E-state index in [2.05, 4.69) is 5.32 Å². The number of nitrogens with one attached hydrogen (secondary N) is 1. The number of nitrogen functional groups attached to an aromatic ring is 1. The highest BCUT2D eigenvalue weighted by atomic mass is 16.2. The Kier molecular flexibility index (Phi) is 3.25. The van der Waals surface area contributed by atoms with E-state index in [1.54, 1.807) is 39.0 Å². The third kappa shape index (κ3) is 2.24. The van der Waals surface area contributed by atoms with Gasteiger partial charge in [-0.2, -0.15) is 0 Å². The largest absolute Gasteiger partial charge is 0.399 e. The third-order valence-electron chi connectivity index (χ3n) is 3.51. The van der Waals surface area contributed by atoms with Crippen LogP contribution < -0.4 is 11.1 Å². The van der Waals surface area contributed by atoms with Crippen LogP contribution in [0, 0.1) is 6.92 Å². The van der Waals surface area contributed by atoms with E-state index in [-0.39, 0.29) is 12.5 Å². The number of amides is 3. The van der Waals surface area contributed by atoms with Gasteiger partial charge in [-0.15, -0.1) is 0 Å². The zero-order chi connectivity index (χ0) is 15.1. The predicted molar refractivity (Wildman–Crippen MR) is 73.9 cm³/mol. The summed E-state index contributed by atoms with van der Waals surface area (Å²) in [6, 6.07) is 4.92. The summed E-state index contributed by atoms with van der Waals surface area (Å²) in [6.07, 6.45) is 0. The Morgan fingerprint density at radius 3 is 2.60 bits per heavy atom. The van der Waals surface area contributed by atoms with Gasteiger partial charge >= 0.3 is 0 Å². The van der Waals surface area contributed by atoms with Crippen LogP contribution in [0.15, 0.2) is 18.2 Å². The molecule has 1 heterocycles. The molecule has 1 saturated heterocycles. The fourth-order valence-electron chi connectivity index (χ4n) is 2.18. The minimum Gasteiger partial charge on any atom is -0.399 e. The highest BCUT2D eigenvalue weighted by molar-refractivity contribution is 6.09. The number of piperazine rings is 1. The number of carbonyl (C=O) groups excluding carboxylic acids is 3. The Hall–Kier alpha value is -2.37. The summed E-state index contributed by atoms with van der Waals surface area (Å²) in [5.74, 6) is -1.30. The van der Waals surface area contributed by atoms with Crippen LogP contribution in [0.4, 0.5) is 5.69 Å². The van der Waals surface area contributed by atoms with Gasteiger partial charge in [0.2, 0.25) is 5.91 Å². The molecule has 3 N–H and O–H groups in total. The number of rotatable bonds is 1. The van der Waals surface area contributed by atoms with E-state index < -0.39 is 17.4 Å². The molecule has 0 saturated carbocycles. The lowest BCUT2D eigenvalue weighted by atomic mass is 9.96. The number of aryl methyl sites for hydroxylation is 1. The van der Waals surface area contributed by atoms with E-state index in [0.29, 0.717) is 16.8 Å². The van der Waals surface area contributed by atoms with E-state index in [1.165, 1.54) is 4.90 Å². The molecule has 1 fully saturated rings. The molecule has 20 heavy (non-hydrogen) atoms. The lowest BCUT2D eigenvalue weighted by Crippen LogP contribution is -2.65. The molecular formula is C14H17N3O3. The normalized spacial score (nSPS) is 17.9. The standard InChI is InChI=1S/C14H17N3O3/c1-8-6-9(15)4-5-10(8)12(19)17-7-11(18)16-13(20)14(17,2)3/h4-6H,7,15H2,1-3H3,(H,16,18,20). The van der Waals surface area contributed by atoms with Gasteiger partial charge in [0.15, 0.2) is 0 Å². The first-order valence-electron chi connectivity index (χ1n) is 6.26. The second-order valence-electron chi connectivity index (χ2n) is 5.40. The number of imide groups is 1. The number of nitrogens with zero attached hydrogens (tertiary/aromatic N) is 1. The zero-order valence-electron chi connectivity index (χ0n) is 11.7. The van der Waals surface area contributed by atoms with E-state index in [0.717, 1.165) is 0 Å². The monoisotopic (exact) mass is 275 g/mol. The highest BCUT2D eigenvalue weighted by Gasteiger charge is 2.43. The molecule has 6 nitrogen and oxygen atoms in total. The molecule has 0 unspecified atom stereocenters. The topological polar surface area (TPSA) is 92.5 Å². The van der Waals surface area contributed by atoms with Crippen molar-refractivity contribution in [3.05, 3.63) is 29.3 Å². The number of benzene rings is 1. The number of hydrogen-bond donors (Lipinski definition) is 2. The third-order valence-corrected chi connectivity index (χ3v) is 3.51. The van der Waals surface area contributed by atoms with Crippen molar-refractivity contribution in [3.63, 3.8) is 0 Å². The SMILES string of the molecule is Cc1cc(N)ccc1C(=O)N1CC(=O)NC(=O)C1(C)C. The van der Waals surface area contributed by atoms with Crippen LogP contribution in [0.25, 0.3) is 0 Å². The van der Waals surface area contributed by atoms with Crippen molar-refractivity contribution in [1.29, 1.82) is 0 Å². The van der Waals surface area contributed by atoms with Crippen molar-refractivity contribution in [1.82, 2.24) is 10.2 Å². The van der Waals surface area contributed by atoms with Gasteiger partial charge in [-0.05, 0) is 44.5 Å². The Morgan fingerprint density at radius 2 is 2.00 bits per heavy atom. The molecule has 0 spiro atoms. The fourth-order valence-corrected chi connectivity index (χ4v) is 2.18. The van der Waals surface area contributed by atoms with Gasteiger partial charge in [-0.25, -0.2) is 0 Å². The molecule has 106 valence electrons.